The van der Waals surface area contributed by atoms with Crippen LogP contribution < -0.4 is 5.32 Å². The van der Waals surface area contributed by atoms with E-state index in [-0.39, 0.29) is 12.1 Å². The summed E-state index contributed by atoms with van der Waals surface area (Å²) in [5.74, 6) is -1.34. The molecule has 1 atom stereocenters. The van der Waals surface area contributed by atoms with Crippen molar-refractivity contribution in [1.29, 1.82) is 0 Å². The first-order chi connectivity index (χ1) is 7.15. The molecule has 84 valence electrons. The lowest BCUT2D eigenvalue weighted by molar-refractivity contribution is 0.170. The Morgan fingerprint density at radius 1 is 1.40 bits per heavy atom. The fraction of sp³-hybridized carbons (Fsp3) is 0.455. The van der Waals surface area contributed by atoms with Gasteiger partial charge in [0.1, 0.15) is 11.6 Å². The molecule has 1 aromatic rings. The van der Waals surface area contributed by atoms with Gasteiger partial charge in [-0.05, 0) is 19.0 Å². The summed E-state index contributed by atoms with van der Waals surface area (Å²) in [6.45, 7) is 3.04. The van der Waals surface area contributed by atoms with Crippen molar-refractivity contribution in [2.75, 3.05) is 13.1 Å². The van der Waals surface area contributed by atoms with Crippen LogP contribution in [0.1, 0.15) is 25.0 Å². The Hall–Kier alpha value is -1.00. The van der Waals surface area contributed by atoms with Gasteiger partial charge in [-0.15, -0.1) is 0 Å². The molecule has 1 rings (SSSR count). The van der Waals surface area contributed by atoms with E-state index in [1.807, 2.05) is 6.92 Å². The van der Waals surface area contributed by atoms with E-state index in [0.29, 0.717) is 0 Å². The molecule has 2 nitrogen and oxygen atoms in total. The Morgan fingerprint density at radius 3 is 2.73 bits per heavy atom. The fourth-order valence-electron chi connectivity index (χ4n) is 1.30. The molecular formula is C11H15F2NO. The number of nitrogens with one attached hydrogen (secondary N) is 1. The van der Waals surface area contributed by atoms with Crippen LogP contribution in [0.15, 0.2) is 18.2 Å². The standard InChI is InChI=1S/C11H15F2NO/c1-2-5-14-7-11(15)9-4-3-8(12)6-10(9)13/h3-4,6,11,14-15H,2,5,7H2,1H3. The van der Waals surface area contributed by atoms with Gasteiger partial charge in [0.15, 0.2) is 0 Å². The average molecular weight is 215 g/mol. The summed E-state index contributed by atoms with van der Waals surface area (Å²) in [5.41, 5.74) is 0.125. The summed E-state index contributed by atoms with van der Waals surface area (Å²) in [4.78, 5) is 0. The largest absolute Gasteiger partial charge is 0.387 e. The molecule has 2 N–H and O–H groups in total. The summed E-state index contributed by atoms with van der Waals surface area (Å²) in [7, 11) is 0. The van der Waals surface area contributed by atoms with Crippen LogP contribution in [0.4, 0.5) is 8.78 Å². The van der Waals surface area contributed by atoms with E-state index in [9.17, 15) is 13.9 Å². The molecule has 0 fully saturated rings. The molecule has 0 heterocycles. The maximum atomic E-state index is 13.2. The van der Waals surface area contributed by atoms with Crippen LogP contribution in [0.25, 0.3) is 0 Å². The SMILES string of the molecule is CCCNCC(O)c1ccc(F)cc1F. The van der Waals surface area contributed by atoms with Crippen molar-refractivity contribution >= 4 is 0 Å². The smallest absolute Gasteiger partial charge is 0.131 e. The maximum Gasteiger partial charge on any atom is 0.131 e. The average Bonchev–Trinajstić information content (AvgIpc) is 2.17. The molecular weight excluding hydrogens is 200 g/mol. The zero-order valence-electron chi connectivity index (χ0n) is 8.63. The van der Waals surface area contributed by atoms with E-state index in [4.69, 9.17) is 0 Å². The Labute approximate surface area is 87.9 Å². The highest BCUT2D eigenvalue weighted by molar-refractivity contribution is 5.21. The molecule has 0 aliphatic carbocycles. The van der Waals surface area contributed by atoms with Gasteiger partial charge in [0.2, 0.25) is 0 Å². The summed E-state index contributed by atoms with van der Waals surface area (Å²) in [6.07, 6.45) is 0.00988. The van der Waals surface area contributed by atoms with Crippen LogP contribution >= 0.6 is 0 Å². The van der Waals surface area contributed by atoms with Gasteiger partial charge in [0.25, 0.3) is 0 Å². The minimum absolute atomic E-state index is 0.125. The van der Waals surface area contributed by atoms with Crippen molar-refractivity contribution in [3.05, 3.63) is 35.4 Å². The Bertz CT molecular complexity index is 317. The number of rotatable bonds is 5. The lowest BCUT2D eigenvalue weighted by Gasteiger charge is -2.12. The highest BCUT2D eigenvalue weighted by atomic mass is 19.1. The van der Waals surface area contributed by atoms with Crippen LogP contribution in [0.2, 0.25) is 0 Å². The Morgan fingerprint density at radius 2 is 2.13 bits per heavy atom. The second-order valence-electron chi connectivity index (χ2n) is 3.39. The molecule has 1 unspecified atom stereocenters. The molecule has 0 saturated heterocycles. The monoisotopic (exact) mass is 215 g/mol. The predicted octanol–water partition coefficient (Wildman–Crippen LogP) is 2.00. The molecule has 0 bridgehead atoms. The van der Waals surface area contributed by atoms with Crippen molar-refractivity contribution in [1.82, 2.24) is 5.32 Å². The minimum Gasteiger partial charge on any atom is -0.387 e. The molecule has 0 amide bonds. The van der Waals surface area contributed by atoms with Crippen molar-refractivity contribution in [3.63, 3.8) is 0 Å². The van der Waals surface area contributed by atoms with Gasteiger partial charge in [-0.25, -0.2) is 8.78 Å². The van der Waals surface area contributed by atoms with Crippen molar-refractivity contribution in [2.24, 2.45) is 0 Å². The van der Waals surface area contributed by atoms with Gasteiger partial charge in [0.05, 0.1) is 6.10 Å². The molecule has 0 saturated carbocycles. The number of aliphatic hydroxyl groups is 1. The maximum absolute atomic E-state index is 13.2. The van der Waals surface area contributed by atoms with Crippen molar-refractivity contribution in [3.8, 4) is 0 Å². The van der Waals surface area contributed by atoms with Crippen LogP contribution in [0, 0.1) is 11.6 Å². The highest BCUT2D eigenvalue weighted by Crippen LogP contribution is 2.17. The molecule has 15 heavy (non-hydrogen) atoms. The van der Waals surface area contributed by atoms with Crippen LogP contribution in [-0.2, 0) is 0 Å². The summed E-state index contributed by atoms with van der Waals surface area (Å²) < 4.78 is 25.8. The predicted molar refractivity (Wildman–Crippen MR) is 54.5 cm³/mol. The first kappa shape index (κ1) is 12.1. The van der Waals surface area contributed by atoms with Gasteiger partial charge in [-0.3, -0.25) is 0 Å². The van der Waals surface area contributed by atoms with Gasteiger partial charge in [-0.2, -0.15) is 0 Å². The van der Waals surface area contributed by atoms with Gasteiger partial charge in [-0.1, -0.05) is 13.0 Å². The van der Waals surface area contributed by atoms with E-state index in [0.717, 1.165) is 25.1 Å². The normalized spacial score (nSPS) is 12.8. The molecule has 0 radical (unpaired) electrons. The van der Waals surface area contributed by atoms with Gasteiger partial charge >= 0.3 is 0 Å². The summed E-state index contributed by atoms with van der Waals surface area (Å²) >= 11 is 0. The van der Waals surface area contributed by atoms with Gasteiger partial charge < -0.3 is 10.4 Å². The molecule has 0 aliphatic rings. The topological polar surface area (TPSA) is 32.3 Å². The first-order valence-corrected chi connectivity index (χ1v) is 4.99. The van der Waals surface area contributed by atoms with Gasteiger partial charge in [0, 0.05) is 18.2 Å². The third kappa shape index (κ3) is 3.57. The summed E-state index contributed by atoms with van der Waals surface area (Å²) in [5, 5.41) is 12.6. The number of benzene rings is 1. The number of hydrogen-bond acceptors (Lipinski definition) is 2. The van der Waals surface area contributed by atoms with E-state index in [2.05, 4.69) is 5.32 Å². The Balaban J connectivity index is 2.61. The zero-order valence-corrected chi connectivity index (χ0v) is 8.63. The third-order valence-electron chi connectivity index (χ3n) is 2.09. The minimum atomic E-state index is -0.933. The van der Waals surface area contributed by atoms with Crippen molar-refractivity contribution < 1.29 is 13.9 Å². The second-order valence-corrected chi connectivity index (χ2v) is 3.39. The van der Waals surface area contributed by atoms with Crippen LogP contribution in [-0.4, -0.2) is 18.2 Å². The molecule has 1 aromatic carbocycles. The second kappa shape index (κ2) is 5.78. The lowest BCUT2D eigenvalue weighted by Crippen LogP contribution is -2.22. The number of hydrogen-bond donors (Lipinski definition) is 2. The first-order valence-electron chi connectivity index (χ1n) is 4.99. The number of halogens is 2. The van der Waals surface area contributed by atoms with E-state index in [1.54, 1.807) is 0 Å². The quantitative estimate of drug-likeness (QED) is 0.736. The van der Waals surface area contributed by atoms with E-state index >= 15 is 0 Å². The molecule has 0 aliphatic heterocycles. The highest BCUT2D eigenvalue weighted by Gasteiger charge is 2.12. The van der Waals surface area contributed by atoms with Crippen LogP contribution in [0.3, 0.4) is 0 Å². The van der Waals surface area contributed by atoms with Crippen molar-refractivity contribution in [2.45, 2.75) is 19.4 Å². The molecule has 0 spiro atoms. The van der Waals surface area contributed by atoms with E-state index in [1.165, 1.54) is 6.07 Å². The molecule has 4 heteroatoms. The lowest BCUT2D eigenvalue weighted by atomic mass is 10.1. The zero-order chi connectivity index (χ0) is 11.3. The van der Waals surface area contributed by atoms with E-state index < -0.39 is 17.7 Å². The van der Waals surface area contributed by atoms with Crippen LogP contribution in [0.5, 0.6) is 0 Å². The molecule has 0 aromatic heterocycles. The Kier molecular flexibility index (Phi) is 4.65. The summed E-state index contributed by atoms with van der Waals surface area (Å²) in [6, 6.07) is 3.18. The number of aliphatic hydroxyl groups excluding tert-OH is 1. The third-order valence-corrected chi connectivity index (χ3v) is 2.09. The fourth-order valence-corrected chi connectivity index (χ4v) is 1.30.